The standard InChI is InChI=1S/C22H27BrN4O3/c1-30-14-4-11-24-21(28)19-15-18(9-10-20(19)27-12-2-3-13-27)26-22(29)25-17-7-5-16(23)6-8-17/h5-10,15H,2-4,11-14H2,1H3,(H,24,28)(H2,25,26,29). The Labute approximate surface area is 185 Å². The van der Waals surface area contributed by atoms with E-state index >= 15 is 0 Å². The summed E-state index contributed by atoms with van der Waals surface area (Å²) in [5, 5.41) is 8.55. The first-order chi connectivity index (χ1) is 14.6. The second-order valence-electron chi connectivity index (χ2n) is 7.11. The molecule has 0 spiro atoms. The van der Waals surface area contributed by atoms with Gasteiger partial charge in [0.05, 0.1) is 5.56 Å². The number of halogens is 1. The number of benzene rings is 2. The third-order valence-electron chi connectivity index (χ3n) is 4.86. The van der Waals surface area contributed by atoms with E-state index in [9.17, 15) is 9.59 Å². The first-order valence-electron chi connectivity index (χ1n) is 10.1. The zero-order valence-electron chi connectivity index (χ0n) is 17.0. The van der Waals surface area contributed by atoms with Gasteiger partial charge in [-0.1, -0.05) is 15.9 Å². The Morgan fingerprint density at radius 3 is 2.40 bits per heavy atom. The van der Waals surface area contributed by atoms with Gasteiger partial charge in [-0.15, -0.1) is 0 Å². The molecule has 1 saturated heterocycles. The fourth-order valence-electron chi connectivity index (χ4n) is 3.37. The van der Waals surface area contributed by atoms with Crippen molar-refractivity contribution in [3.63, 3.8) is 0 Å². The molecule has 1 heterocycles. The Bertz CT molecular complexity index is 867. The van der Waals surface area contributed by atoms with Crippen LogP contribution in [-0.4, -0.2) is 45.3 Å². The van der Waals surface area contributed by atoms with Crippen LogP contribution in [-0.2, 0) is 4.74 Å². The maximum atomic E-state index is 12.8. The van der Waals surface area contributed by atoms with Crippen molar-refractivity contribution in [3.05, 3.63) is 52.5 Å². The van der Waals surface area contributed by atoms with Crippen LogP contribution in [0.2, 0.25) is 0 Å². The molecule has 1 aliphatic rings. The van der Waals surface area contributed by atoms with Crippen LogP contribution in [0.1, 0.15) is 29.6 Å². The first-order valence-corrected chi connectivity index (χ1v) is 10.9. The molecule has 3 rings (SSSR count). The highest BCUT2D eigenvalue weighted by Gasteiger charge is 2.20. The smallest absolute Gasteiger partial charge is 0.323 e. The van der Waals surface area contributed by atoms with E-state index in [1.54, 1.807) is 25.3 Å². The zero-order chi connectivity index (χ0) is 21.3. The van der Waals surface area contributed by atoms with Gasteiger partial charge in [0.1, 0.15) is 0 Å². The fourth-order valence-corrected chi connectivity index (χ4v) is 3.63. The molecule has 1 aliphatic heterocycles. The van der Waals surface area contributed by atoms with Gasteiger partial charge in [-0.3, -0.25) is 4.79 Å². The largest absolute Gasteiger partial charge is 0.385 e. The minimum absolute atomic E-state index is 0.148. The molecular weight excluding hydrogens is 448 g/mol. The van der Waals surface area contributed by atoms with Crippen LogP contribution in [0.5, 0.6) is 0 Å². The van der Waals surface area contributed by atoms with Gasteiger partial charge in [0.15, 0.2) is 0 Å². The Morgan fingerprint density at radius 2 is 1.70 bits per heavy atom. The van der Waals surface area contributed by atoms with Crippen molar-refractivity contribution in [1.82, 2.24) is 5.32 Å². The summed E-state index contributed by atoms with van der Waals surface area (Å²) in [6, 6.07) is 12.4. The van der Waals surface area contributed by atoms with Gasteiger partial charge >= 0.3 is 6.03 Å². The highest BCUT2D eigenvalue weighted by molar-refractivity contribution is 9.10. The summed E-state index contributed by atoms with van der Waals surface area (Å²) in [4.78, 5) is 27.4. The molecule has 160 valence electrons. The number of methoxy groups -OCH3 is 1. The minimum Gasteiger partial charge on any atom is -0.385 e. The number of ether oxygens (including phenoxy) is 1. The Balaban J connectivity index is 1.72. The summed E-state index contributed by atoms with van der Waals surface area (Å²) in [5.41, 5.74) is 2.71. The summed E-state index contributed by atoms with van der Waals surface area (Å²) in [6.45, 7) is 2.99. The van der Waals surface area contributed by atoms with Crippen molar-refractivity contribution in [2.45, 2.75) is 19.3 Å². The molecule has 8 heteroatoms. The van der Waals surface area contributed by atoms with Gasteiger partial charge in [0, 0.05) is 54.9 Å². The van der Waals surface area contributed by atoms with E-state index in [0.29, 0.717) is 30.1 Å². The van der Waals surface area contributed by atoms with Crippen molar-refractivity contribution in [2.75, 3.05) is 48.9 Å². The number of hydrogen-bond acceptors (Lipinski definition) is 4. The van der Waals surface area contributed by atoms with Crippen LogP contribution in [0.4, 0.5) is 21.9 Å². The first kappa shape index (κ1) is 22.1. The van der Waals surface area contributed by atoms with E-state index in [0.717, 1.165) is 42.5 Å². The molecule has 0 saturated carbocycles. The molecule has 7 nitrogen and oxygen atoms in total. The number of amides is 3. The third-order valence-corrected chi connectivity index (χ3v) is 5.39. The predicted octanol–water partition coefficient (Wildman–Crippen LogP) is 4.46. The van der Waals surface area contributed by atoms with E-state index in [1.165, 1.54) is 0 Å². The topological polar surface area (TPSA) is 82.7 Å². The maximum Gasteiger partial charge on any atom is 0.323 e. The average Bonchev–Trinajstić information content (AvgIpc) is 3.27. The quantitative estimate of drug-likeness (QED) is 0.493. The lowest BCUT2D eigenvalue weighted by molar-refractivity contribution is 0.0949. The van der Waals surface area contributed by atoms with Crippen molar-refractivity contribution in [3.8, 4) is 0 Å². The molecule has 2 aromatic carbocycles. The van der Waals surface area contributed by atoms with Crippen molar-refractivity contribution in [1.29, 1.82) is 0 Å². The Kier molecular flexibility index (Phi) is 8.10. The highest BCUT2D eigenvalue weighted by atomic mass is 79.9. The number of hydrogen-bond donors (Lipinski definition) is 3. The highest BCUT2D eigenvalue weighted by Crippen LogP contribution is 2.28. The minimum atomic E-state index is -0.363. The van der Waals surface area contributed by atoms with Crippen LogP contribution < -0.4 is 20.9 Å². The molecule has 3 amide bonds. The second-order valence-corrected chi connectivity index (χ2v) is 8.03. The van der Waals surface area contributed by atoms with E-state index < -0.39 is 0 Å². The average molecular weight is 475 g/mol. The van der Waals surface area contributed by atoms with Crippen molar-refractivity contribution >= 4 is 44.9 Å². The van der Waals surface area contributed by atoms with E-state index in [4.69, 9.17) is 4.74 Å². The molecule has 0 atom stereocenters. The number of urea groups is 1. The molecule has 0 bridgehead atoms. The van der Waals surface area contributed by atoms with Gasteiger partial charge in [0.2, 0.25) is 0 Å². The molecule has 0 unspecified atom stereocenters. The molecule has 1 fully saturated rings. The maximum absolute atomic E-state index is 12.8. The summed E-state index contributed by atoms with van der Waals surface area (Å²) in [7, 11) is 1.64. The molecule has 0 aliphatic carbocycles. The Hall–Kier alpha value is -2.58. The van der Waals surface area contributed by atoms with Gasteiger partial charge in [0.25, 0.3) is 5.91 Å². The van der Waals surface area contributed by atoms with E-state index in [1.807, 2.05) is 24.3 Å². The summed E-state index contributed by atoms with van der Waals surface area (Å²) >= 11 is 3.37. The number of nitrogens with zero attached hydrogens (tertiary/aromatic N) is 1. The van der Waals surface area contributed by atoms with Crippen LogP contribution >= 0.6 is 15.9 Å². The van der Waals surface area contributed by atoms with E-state index in [2.05, 4.69) is 36.8 Å². The lowest BCUT2D eigenvalue weighted by Crippen LogP contribution is -2.29. The van der Waals surface area contributed by atoms with Crippen molar-refractivity contribution in [2.24, 2.45) is 0 Å². The summed E-state index contributed by atoms with van der Waals surface area (Å²) in [6.07, 6.45) is 2.98. The lowest BCUT2D eigenvalue weighted by Gasteiger charge is -2.22. The monoisotopic (exact) mass is 474 g/mol. The number of carbonyl (C=O) groups is 2. The number of rotatable bonds is 8. The molecule has 2 aromatic rings. The van der Waals surface area contributed by atoms with Crippen LogP contribution in [0.25, 0.3) is 0 Å². The van der Waals surface area contributed by atoms with Crippen LogP contribution in [0.15, 0.2) is 46.9 Å². The van der Waals surface area contributed by atoms with Crippen LogP contribution in [0.3, 0.4) is 0 Å². The number of anilines is 3. The molecule has 0 aromatic heterocycles. The van der Waals surface area contributed by atoms with E-state index in [-0.39, 0.29) is 11.9 Å². The van der Waals surface area contributed by atoms with Gasteiger partial charge in [-0.05, 0) is 61.7 Å². The fraction of sp³-hybridized carbons (Fsp3) is 0.364. The number of carbonyl (C=O) groups excluding carboxylic acids is 2. The summed E-state index contributed by atoms with van der Waals surface area (Å²) in [5.74, 6) is -0.148. The van der Waals surface area contributed by atoms with Crippen LogP contribution in [0, 0.1) is 0 Å². The molecular formula is C22H27BrN4O3. The SMILES string of the molecule is COCCCNC(=O)c1cc(NC(=O)Nc2ccc(Br)cc2)ccc1N1CCCC1. The van der Waals surface area contributed by atoms with Crippen molar-refractivity contribution < 1.29 is 14.3 Å². The normalized spacial score (nSPS) is 13.2. The lowest BCUT2D eigenvalue weighted by atomic mass is 10.1. The number of nitrogens with one attached hydrogen (secondary N) is 3. The Morgan fingerprint density at radius 1 is 1.03 bits per heavy atom. The van der Waals surface area contributed by atoms with Gasteiger partial charge < -0.3 is 25.6 Å². The second kappa shape index (κ2) is 11.0. The summed E-state index contributed by atoms with van der Waals surface area (Å²) < 4.78 is 5.97. The third kappa shape index (κ3) is 6.21. The molecule has 0 radical (unpaired) electrons. The predicted molar refractivity (Wildman–Crippen MR) is 123 cm³/mol. The molecule has 30 heavy (non-hydrogen) atoms. The zero-order valence-corrected chi connectivity index (χ0v) is 18.6. The molecule has 3 N–H and O–H groups in total. The van der Waals surface area contributed by atoms with Gasteiger partial charge in [-0.25, -0.2) is 4.79 Å². The van der Waals surface area contributed by atoms with Gasteiger partial charge in [-0.2, -0.15) is 0 Å².